The van der Waals surface area contributed by atoms with E-state index in [4.69, 9.17) is 0 Å². The minimum atomic E-state index is -2.84. The molecule has 114 valence electrons. The second-order valence-corrected chi connectivity index (χ2v) is 9.10. The molecule has 4 nitrogen and oxygen atoms in total. The third-order valence-corrected chi connectivity index (χ3v) is 8.30. The molecule has 0 saturated carbocycles. The second kappa shape index (κ2) is 6.48. The molecule has 1 aromatic heterocycles. The van der Waals surface area contributed by atoms with Crippen LogP contribution in [0.5, 0.6) is 0 Å². The molecule has 0 spiro atoms. The first-order valence-corrected chi connectivity index (χ1v) is 10.8. The third-order valence-electron chi connectivity index (χ3n) is 4.30. The van der Waals surface area contributed by atoms with Crippen LogP contribution in [0.1, 0.15) is 18.4 Å². The van der Waals surface area contributed by atoms with Crippen LogP contribution < -0.4 is 0 Å². The lowest BCUT2D eigenvalue weighted by Gasteiger charge is -2.35. The number of rotatable bonds is 6. The van der Waals surface area contributed by atoms with Gasteiger partial charge in [-0.05, 0) is 36.2 Å². The maximum absolute atomic E-state index is 11.8. The molecule has 0 N–H and O–H groups in total. The van der Waals surface area contributed by atoms with E-state index in [1.54, 1.807) is 4.68 Å². The predicted octanol–water partition coefficient (Wildman–Crippen LogP) is 2.56. The fraction of sp³-hybridized carbons (Fsp3) is 0.769. The first-order chi connectivity index (χ1) is 9.41. The van der Waals surface area contributed by atoms with Gasteiger partial charge in [-0.2, -0.15) is 5.10 Å². The smallest absolute Gasteiger partial charge is 0.150 e. The summed E-state index contributed by atoms with van der Waals surface area (Å²) >= 11 is 7.23. The Labute approximate surface area is 137 Å². The predicted molar refractivity (Wildman–Crippen MR) is 88.3 cm³/mol. The van der Waals surface area contributed by atoms with Gasteiger partial charge in [-0.1, -0.05) is 31.9 Å². The van der Waals surface area contributed by atoms with Crippen molar-refractivity contribution in [2.75, 3.05) is 22.2 Å². The van der Waals surface area contributed by atoms with Crippen molar-refractivity contribution in [2.45, 2.75) is 19.3 Å². The molecular weight excluding hydrogens is 408 g/mol. The van der Waals surface area contributed by atoms with Gasteiger partial charge in [-0.25, -0.2) is 8.42 Å². The molecular formula is C13H20Br2N2O2S. The summed E-state index contributed by atoms with van der Waals surface area (Å²) in [4.78, 5) is 0. The Bertz CT molecular complexity index is 552. The summed E-state index contributed by atoms with van der Waals surface area (Å²) in [7, 11) is -0.924. The SMILES string of the molecule is Cn1cc(CCC(CBr)(CBr)C2CCS(=O)(=O)C2)cn1. The van der Waals surface area contributed by atoms with Gasteiger partial charge in [-0.3, -0.25) is 4.68 Å². The Morgan fingerprint density at radius 3 is 2.60 bits per heavy atom. The maximum Gasteiger partial charge on any atom is 0.150 e. The van der Waals surface area contributed by atoms with Crippen molar-refractivity contribution < 1.29 is 8.42 Å². The average molecular weight is 428 g/mol. The Morgan fingerprint density at radius 2 is 2.15 bits per heavy atom. The highest BCUT2D eigenvalue weighted by Gasteiger charge is 2.43. The Balaban J connectivity index is 2.09. The topological polar surface area (TPSA) is 52.0 Å². The van der Waals surface area contributed by atoms with Crippen molar-refractivity contribution >= 4 is 41.7 Å². The van der Waals surface area contributed by atoms with Gasteiger partial charge < -0.3 is 0 Å². The molecule has 7 heteroatoms. The van der Waals surface area contributed by atoms with E-state index in [-0.39, 0.29) is 11.3 Å². The normalized spacial score (nSPS) is 22.2. The fourth-order valence-corrected chi connectivity index (χ4v) is 7.21. The molecule has 1 aromatic rings. The molecule has 2 heterocycles. The highest BCUT2D eigenvalue weighted by atomic mass is 79.9. The maximum atomic E-state index is 11.8. The van der Waals surface area contributed by atoms with E-state index in [1.165, 1.54) is 5.56 Å². The molecule has 0 aromatic carbocycles. The van der Waals surface area contributed by atoms with Gasteiger partial charge in [0.25, 0.3) is 0 Å². The van der Waals surface area contributed by atoms with Crippen LogP contribution >= 0.6 is 31.9 Å². The lowest BCUT2D eigenvalue weighted by Crippen LogP contribution is -2.35. The third kappa shape index (κ3) is 3.65. The van der Waals surface area contributed by atoms with E-state index in [1.807, 2.05) is 19.4 Å². The van der Waals surface area contributed by atoms with Crippen LogP contribution in [0.2, 0.25) is 0 Å². The quantitative estimate of drug-likeness (QED) is 0.655. The Morgan fingerprint density at radius 1 is 1.45 bits per heavy atom. The molecule has 1 aliphatic rings. The van der Waals surface area contributed by atoms with E-state index in [9.17, 15) is 8.42 Å². The van der Waals surface area contributed by atoms with E-state index in [2.05, 4.69) is 37.0 Å². The molecule has 1 fully saturated rings. The molecule has 2 rings (SSSR count). The molecule has 1 saturated heterocycles. The van der Waals surface area contributed by atoms with Gasteiger partial charge >= 0.3 is 0 Å². The van der Waals surface area contributed by atoms with Gasteiger partial charge in [0.15, 0.2) is 9.84 Å². The second-order valence-electron chi connectivity index (χ2n) is 5.75. The van der Waals surface area contributed by atoms with E-state index in [0.717, 1.165) is 29.9 Å². The summed E-state index contributed by atoms with van der Waals surface area (Å²) < 4.78 is 25.3. The van der Waals surface area contributed by atoms with E-state index < -0.39 is 9.84 Å². The summed E-state index contributed by atoms with van der Waals surface area (Å²) in [6, 6.07) is 0. The van der Waals surface area contributed by atoms with Gasteiger partial charge in [0.1, 0.15) is 0 Å². The summed E-state index contributed by atoms with van der Waals surface area (Å²) in [5.74, 6) is 0.909. The number of nitrogens with zero attached hydrogens (tertiary/aromatic N) is 2. The standard InChI is InChI=1S/C13H20Br2N2O2S/c1-17-7-11(6-16-17)2-4-13(9-14,10-15)12-3-5-20(18,19)8-12/h6-7,12H,2-5,8-10H2,1H3. The van der Waals surface area contributed by atoms with E-state index in [0.29, 0.717) is 11.5 Å². The minimum absolute atomic E-state index is 0.000584. The van der Waals surface area contributed by atoms with Crippen LogP contribution in [-0.2, 0) is 23.3 Å². The average Bonchev–Trinajstić information content (AvgIpc) is 2.98. The zero-order valence-electron chi connectivity index (χ0n) is 11.6. The number of aromatic nitrogens is 2. The zero-order valence-corrected chi connectivity index (χ0v) is 15.5. The molecule has 0 amide bonds. The highest BCUT2D eigenvalue weighted by Crippen LogP contribution is 2.42. The first kappa shape index (κ1) is 16.5. The van der Waals surface area contributed by atoms with Gasteiger partial charge in [-0.15, -0.1) is 0 Å². The molecule has 0 bridgehead atoms. The van der Waals surface area contributed by atoms with Crippen LogP contribution in [0, 0.1) is 11.3 Å². The number of alkyl halides is 2. The van der Waals surface area contributed by atoms with Crippen molar-refractivity contribution in [2.24, 2.45) is 18.4 Å². The van der Waals surface area contributed by atoms with Crippen molar-refractivity contribution in [1.82, 2.24) is 9.78 Å². The molecule has 1 unspecified atom stereocenters. The highest BCUT2D eigenvalue weighted by molar-refractivity contribution is 9.09. The van der Waals surface area contributed by atoms with Gasteiger partial charge in [0.2, 0.25) is 0 Å². The largest absolute Gasteiger partial charge is 0.276 e. The first-order valence-electron chi connectivity index (χ1n) is 6.71. The minimum Gasteiger partial charge on any atom is -0.276 e. The summed E-state index contributed by atoms with van der Waals surface area (Å²) in [5.41, 5.74) is 1.21. The molecule has 0 radical (unpaired) electrons. The molecule has 1 atom stereocenters. The van der Waals surface area contributed by atoms with Crippen molar-refractivity contribution in [3.8, 4) is 0 Å². The number of sulfone groups is 1. The van der Waals surface area contributed by atoms with Crippen LogP contribution in [0.3, 0.4) is 0 Å². The van der Waals surface area contributed by atoms with Crippen molar-refractivity contribution in [3.63, 3.8) is 0 Å². The van der Waals surface area contributed by atoms with Crippen LogP contribution in [0.25, 0.3) is 0 Å². The number of aryl methyl sites for hydroxylation is 2. The van der Waals surface area contributed by atoms with Crippen LogP contribution in [0.15, 0.2) is 12.4 Å². The zero-order chi connectivity index (χ0) is 14.8. The van der Waals surface area contributed by atoms with Crippen LogP contribution in [0.4, 0.5) is 0 Å². The van der Waals surface area contributed by atoms with Crippen molar-refractivity contribution in [1.29, 1.82) is 0 Å². The molecule has 1 aliphatic heterocycles. The summed E-state index contributed by atoms with van der Waals surface area (Å²) in [6.45, 7) is 0. The molecule has 20 heavy (non-hydrogen) atoms. The lowest BCUT2D eigenvalue weighted by molar-refractivity contribution is 0.235. The van der Waals surface area contributed by atoms with Crippen molar-refractivity contribution in [3.05, 3.63) is 18.0 Å². The summed E-state index contributed by atoms with van der Waals surface area (Å²) in [5, 5.41) is 5.84. The Kier molecular flexibility index (Phi) is 5.34. The lowest BCUT2D eigenvalue weighted by atomic mass is 9.74. The molecule has 0 aliphatic carbocycles. The number of halogens is 2. The van der Waals surface area contributed by atoms with Gasteiger partial charge in [0, 0.05) is 23.9 Å². The fourth-order valence-electron chi connectivity index (χ4n) is 2.86. The number of hydrogen-bond donors (Lipinski definition) is 0. The van der Waals surface area contributed by atoms with E-state index >= 15 is 0 Å². The number of hydrogen-bond acceptors (Lipinski definition) is 3. The van der Waals surface area contributed by atoms with Crippen LogP contribution in [-0.4, -0.2) is 40.4 Å². The monoisotopic (exact) mass is 426 g/mol. The Hall–Kier alpha value is 0.120. The van der Waals surface area contributed by atoms with Gasteiger partial charge in [0.05, 0.1) is 17.7 Å². The summed E-state index contributed by atoms with van der Waals surface area (Å²) in [6.07, 6.45) is 6.60.